The third kappa shape index (κ3) is 3.07. The van der Waals surface area contributed by atoms with Gasteiger partial charge in [-0.3, -0.25) is 9.59 Å². The molecule has 2 heterocycles. The van der Waals surface area contributed by atoms with Crippen LogP contribution in [0.3, 0.4) is 0 Å². The predicted octanol–water partition coefficient (Wildman–Crippen LogP) is 1.19. The van der Waals surface area contributed by atoms with E-state index in [0.717, 1.165) is 25.9 Å². The number of rotatable bonds is 3. The van der Waals surface area contributed by atoms with Crippen molar-refractivity contribution < 1.29 is 9.59 Å². The van der Waals surface area contributed by atoms with Gasteiger partial charge in [-0.25, -0.2) is 0 Å². The van der Waals surface area contributed by atoms with Crippen molar-refractivity contribution in [2.75, 3.05) is 19.6 Å². The van der Waals surface area contributed by atoms with E-state index >= 15 is 0 Å². The fraction of sp³-hybridized carbons (Fsp3) is 0.583. The van der Waals surface area contributed by atoms with Gasteiger partial charge in [0.25, 0.3) is 5.91 Å². The quantitative estimate of drug-likeness (QED) is 0.895. The number of piperidine rings is 1. The highest BCUT2D eigenvalue weighted by Gasteiger charge is 2.18. The lowest BCUT2D eigenvalue weighted by atomic mass is 10.1. The number of likely N-dealkylation sites (tertiary alicyclic amines) is 1. The Kier molecular flexibility index (Phi) is 4.30. The summed E-state index contributed by atoms with van der Waals surface area (Å²) in [6.45, 7) is 3.49. The third-order valence-electron chi connectivity index (χ3n) is 3.10. The fourth-order valence-corrected chi connectivity index (χ4v) is 2.71. The van der Waals surface area contributed by atoms with Gasteiger partial charge >= 0.3 is 0 Å². The molecule has 1 N–H and O–H groups in total. The van der Waals surface area contributed by atoms with Gasteiger partial charge in [-0.15, -0.1) is 0 Å². The summed E-state index contributed by atoms with van der Waals surface area (Å²) in [5, 5.41) is 4.36. The summed E-state index contributed by atoms with van der Waals surface area (Å²) in [7, 11) is 0. The first-order valence-corrected chi connectivity index (χ1v) is 6.99. The standard InChI is InChI=1S/C12H17N3O2S/c1-9-10(8-18-14-9)12(17)13-7-11(16)15-5-3-2-4-6-15/h8H,2-7H2,1H3,(H,13,17). The minimum atomic E-state index is -0.216. The summed E-state index contributed by atoms with van der Waals surface area (Å²) in [6.07, 6.45) is 3.32. The predicted molar refractivity (Wildman–Crippen MR) is 69.6 cm³/mol. The smallest absolute Gasteiger partial charge is 0.254 e. The van der Waals surface area contributed by atoms with Crippen LogP contribution in [0.25, 0.3) is 0 Å². The highest BCUT2D eigenvalue weighted by Crippen LogP contribution is 2.10. The Balaban J connectivity index is 1.82. The summed E-state index contributed by atoms with van der Waals surface area (Å²) in [5.74, 6) is -0.212. The monoisotopic (exact) mass is 267 g/mol. The van der Waals surface area contributed by atoms with Gasteiger partial charge in [0.15, 0.2) is 0 Å². The van der Waals surface area contributed by atoms with Crippen molar-refractivity contribution >= 4 is 23.3 Å². The van der Waals surface area contributed by atoms with E-state index in [4.69, 9.17) is 0 Å². The summed E-state index contributed by atoms with van der Waals surface area (Å²) >= 11 is 1.25. The van der Waals surface area contributed by atoms with Crippen LogP contribution in [0.4, 0.5) is 0 Å². The lowest BCUT2D eigenvalue weighted by Crippen LogP contribution is -2.42. The van der Waals surface area contributed by atoms with Crippen LogP contribution in [0.5, 0.6) is 0 Å². The van der Waals surface area contributed by atoms with E-state index in [2.05, 4.69) is 9.69 Å². The number of carbonyl (C=O) groups excluding carboxylic acids is 2. The van der Waals surface area contributed by atoms with Crippen LogP contribution in [-0.2, 0) is 4.79 Å². The van der Waals surface area contributed by atoms with Gasteiger partial charge in [0.1, 0.15) is 0 Å². The van der Waals surface area contributed by atoms with Crippen LogP contribution in [0.2, 0.25) is 0 Å². The lowest BCUT2D eigenvalue weighted by Gasteiger charge is -2.26. The van der Waals surface area contributed by atoms with Crippen molar-refractivity contribution in [3.63, 3.8) is 0 Å². The fourth-order valence-electron chi connectivity index (χ4n) is 2.02. The van der Waals surface area contributed by atoms with Crippen LogP contribution in [-0.4, -0.2) is 40.7 Å². The first-order chi connectivity index (χ1) is 8.68. The summed E-state index contributed by atoms with van der Waals surface area (Å²) in [5.41, 5.74) is 1.27. The maximum atomic E-state index is 11.9. The van der Waals surface area contributed by atoms with Crippen molar-refractivity contribution in [3.05, 3.63) is 16.6 Å². The molecule has 0 aromatic carbocycles. The van der Waals surface area contributed by atoms with Crippen molar-refractivity contribution in [2.45, 2.75) is 26.2 Å². The average molecular weight is 267 g/mol. The highest BCUT2D eigenvalue weighted by atomic mass is 32.1. The highest BCUT2D eigenvalue weighted by molar-refractivity contribution is 7.03. The molecule has 0 radical (unpaired) electrons. The Morgan fingerprint density at radius 3 is 2.72 bits per heavy atom. The molecule has 1 aliphatic heterocycles. The maximum absolute atomic E-state index is 11.9. The average Bonchev–Trinajstić information content (AvgIpc) is 2.83. The Hall–Kier alpha value is -1.43. The second kappa shape index (κ2) is 5.95. The molecule has 0 unspecified atom stereocenters. The van der Waals surface area contributed by atoms with E-state index in [1.807, 2.05) is 4.90 Å². The van der Waals surface area contributed by atoms with E-state index in [0.29, 0.717) is 11.3 Å². The van der Waals surface area contributed by atoms with E-state index in [1.54, 1.807) is 12.3 Å². The van der Waals surface area contributed by atoms with E-state index in [1.165, 1.54) is 18.0 Å². The second-order valence-corrected chi connectivity index (χ2v) is 5.07. The van der Waals surface area contributed by atoms with Crippen LogP contribution < -0.4 is 5.32 Å². The Morgan fingerprint density at radius 2 is 2.11 bits per heavy atom. The Bertz CT molecular complexity index is 438. The number of hydrogen-bond acceptors (Lipinski definition) is 4. The molecule has 2 amide bonds. The Labute approximate surface area is 110 Å². The van der Waals surface area contributed by atoms with Gasteiger partial charge in [0.2, 0.25) is 5.91 Å². The largest absolute Gasteiger partial charge is 0.343 e. The number of nitrogens with zero attached hydrogens (tertiary/aromatic N) is 2. The Morgan fingerprint density at radius 1 is 1.39 bits per heavy atom. The molecule has 0 spiro atoms. The van der Waals surface area contributed by atoms with Gasteiger partial charge in [0.05, 0.1) is 17.8 Å². The number of carbonyl (C=O) groups is 2. The first-order valence-electron chi connectivity index (χ1n) is 6.15. The number of hydrogen-bond donors (Lipinski definition) is 1. The van der Waals surface area contributed by atoms with Gasteiger partial charge in [-0.2, -0.15) is 4.37 Å². The summed E-state index contributed by atoms with van der Waals surface area (Å²) in [6, 6.07) is 0. The topological polar surface area (TPSA) is 62.3 Å². The van der Waals surface area contributed by atoms with Gasteiger partial charge in [-0.1, -0.05) is 0 Å². The van der Waals surface area contributed by atoms with E-state index < -0.39 is 0 Å². The van der Waals surface area contributed by atoms with Crippen LogP contribution in [0.1, 0.15) is 35.3 Å². The molecule has 0 bridgehead atoms. The van der Waals surface area contributed by atoms with Gasteiger partial charge in [-0.05, 0) is 37.7 Å². The molecule has 1 saturated heterocycles. The van der Waals surface area contributed by atoms with E-state index in [9.17, 15) is 9.59 Å². The molecule has 18 heavy (non-hydrogen) atoms. The first kappa shape index (κ1) is 13.0. The number of amides is 2. The zero-order valence-corrected chi connectivity index (χ0v) is 11.3. The molecular weight excluding hydrogens is 250 g/mol. The molecule has 0 aliphatic carbocycles. The molecule has 2 rings (SSSR count). The molecule has 1 aliphatic rings. The molecule has 1 aromatic heterocycles. The second-order valence-electron chi connectivity index (χ2n) is 4.44. The minimum Gasteiger partial charge on any atom is -0.343 e. The number of aryl methyl sites for hydroxylation is 1. The molecule has 98 valence electrons. The van der Waals surface area contributed by atoms with Crippen LogP contribution in [0, 0.1) is 6.92 Å². The maximum Gasteiger partial charge on any atom is 0.254 e. The van der Waals surface area contributed by atoms with Crippen molar-refractivity contribution in [3.8, 4) is 0 Å². The normalized spacial score (nSPS) is 15.5. The number of aromatic nitrogens is 1. The minimum absolute atomic E-state index is 0.00360. The van der Waals surface area contributed by atoms with Crippen molar-refractivity contribution in [1.29, 1.82) is 0 Å². The van der Waals surface area contributed by atoms with Crippen LogP contribution >= 0.6 is 11.5 Å². The third-order valence-corrected chi connectivity index (χ3v) is 3.82. The zero-order valence-electron chi connectivity index (χ0n) is 10.4. The molecule has 6 heteroatoms. The molecular formula is C12H17N3O2S. The van der Waals surface area contributed by atoms with Crippen molar-refractivity contribution in [2.24, 2.45) is 0 Å². The van der Waals surface area contributed by atoms with Crippen molar-refractivity contribution in [1.82, 2.24) is 14.6 Å². The zero-order chi connectivity index (χ0) is 13.0. The van der Waals surface area contributed by atoms with E-state index in [-0.39, 0.29) is 18.4 Å². The van der Waals surface area contributed by atoms with Gasteiger partial charge in [0, 0.05) is 18.5 Å². The SMILES string of the molecule is Cc1nscc1C(=O)NCC(=O)N1CCCCC1. The lowest BCUT2D eigenvalue weighted by molar-refractivity contribution is -0.130. The van der Waals surface area contributed by atoms with Crippen LogP contribution in [0.15, 0.2) is 5.38 Å². The molecule has 1 fully saturated rings. The summed E-state index contributed by atoms with van der Waals surface area (Å²) < 4.78 is 4.04. The molecule has 0 atom stereocenters. The molecule has 0 saturated carbocycles. The summed E-state index contributed by atoms with van der Waals surface area (Å²) in [4.78, 5) is 25.5. The number of nitrogens with one attached hydrogen (secondary N) is 1. The molecule has 5 nitrogen and oxygen atoms in total. The van der Waals surface area contributed by atoms with Gasteiger partial charge < -0.3 is 10.2 Å². The molecule has 1 aromatic rings.